The molecule has 2 amide bonds. The molecule has 2 N–H and O–H groups in total. The van der Waals surface area contributed by atoms with E-state index in [1.165, 1.54) is 26.0 Å². The first-order valence-electron chi connectivity index (χ1n) is 10.1. The van der Waals surface area contributed by atoms with Crippen LogP contribution in [-0.2, 0) is 4.79 Å². The lowest BCUT2D eigenvalue weighted by molar-refractivity contribution is -0.115. The minimum absolute atomic E-state index is 0.0857. The normalized spacial score (nSPS) is 11.4. The minimum atomic E-state index is -0.341. The van der Waals surface area contributed by atoms with E-state index in [4.69, 9.17) is 9.47 Å². The third-order valence-electron chi connectivity index (χ3n) is 4.83. The van der Waals surface area contributed by atoms with Crippen LogP contribution in [0.4, 0.5) is 11.4 Å². The summed E-state index contributed by atoms with van der Waals surface area (Å²) in [7, 11) is 3.01. The van der Waals surface area contributed by atoms with Gasteiger partial charge in [0.05, 0.1) is 19.5 Å². The van der Waals surface area contributed by atoms with E-state index in [1.807, 2.05) is 56.3 Å². The molecule has 0 aliphatic rings. The van der Waals surface area contributed by atoms with Gasteiger partial charge < -0.3 is 20.1 Å². The second-order valence-electron chi connectivity index (χ2n) is 7.08. The standard InChI is InChI=1S/C25H26N2O4S/c1-16-9-5-6-12-20(16)27-24(28)17(2)32-19-11-7-10-18(15-19)26-25(29)23-21(30-3)13-8-14-22(23)31-4/h5-15,17H,1-4H3,(H,26,29)(H,27,28). The van der Waals surface area contributed by atoms with Crippen LogP contribution in [-0.4, -0.2) is 31.3 Å². The lowest BCUT2D eigenvalue weighted by atomic mass is 10.1. The highest BCUT2D eigenvalue weighted by atomic mass is 32.2. The Kier molecular flexibility index (Phi) is 7.78. The SMILES string of the molecule is COc1cccc(OC)c1C(=O)Nc1cccc(SC(C)C(=O)Nc2ccccc2C)c1. The van der Waals surface area contributed by atoms with E-state index in [1.54, 1.807) is 24.3 Å². The van der Waals surface area contributed by atoms with Crippen molar-refractivity contribution in [2.45, 2.75) is 24.0 Å². The van der Waals surface area contributed by atoms with E-state index in [0.29, 0.717) is 22.7 Å². The van der Waals surface area contributed by atoms with Crippen LogP contribution in [0.2, 0.25) is 0 Å². The molecule has 3 aromatic rings. The average molecular weight is 451 g/mol. The van der Waals surface area contributed by atoms with Gasteiger partial charge in [-0.1, -0.05) is 30.3 Å². The second kappa shape index (κ2) is 10.7. The average Bonchev–Trinajstić information content (AvgIpc) is 2.80. The van der Waals surface area contributed by atoms with Crippen LogP contribution >= 0.6 is 11.8 Å². The fourth-order valence-corrected chi connectivity index (χ4v) is 4.05. The fourth-order valence-electron chi connectivity index (χ4n) is 3.12. The molecule has 0 aliphatic carbocycles. The van der Waals surface area contributed by atoms with Crippen LogP contribution in [0.15, 0.2) is 71.6 Å². The predicted molar refractivity (Wildman–Crippen MR) is 129 cm³/mol. The first kappa shape index (κ1) is 23.2. The van der Waals surface area contributed by atoms with Crippen molar-refractivity contribution >= 4 is 35.0 Å². The molecule has 166 valence electrons. The highest BCUT2D eigenvalue weighted by molar-refractivity contribution is 8.00. The summed E-state index contributed by atoms with van der Waals surface area (Å²) in [5.41, 5.74) is 2.74. The molecule has 0 spiro atoms. The first-order chi connectivity index (χ1) is 15.4. The molecule has 32 heavy (non-hydrogen) atoms. The molecular formula is C25H26N2O4S. The molecular weight excluding hydrogens is 424 g/mol. The van der Waals surface area contributed by atoms with Crippen molar-refractivity contribution in [3.05, 3.63) is 77.9 Å². The topological polar surface area (TPSA) is 76.7 Å². The van der Waals surface area contributed by atoms with Gasteiger partial charge in [0.2, 0.25) is 5.91 Å². The number of amides is 2. The number of hydrogen-bond acceptors (Lipinski definition) is 5. The highest BCUT2D eigenvalue weighted by Crippen LogP contribution is 2.31. The Morgan fingerprint density at radius 3 is 2.19 bits per heavy atom. The van der Waals surface area contributed by atoms with Crippen LogP contribution in [0.25, 0.3) is 0 Å². The Morgan fingerprint density at radius 1 is 0.875 bits per heavy atom. The molecule has 0 aromatic heterocycles. The molecule has 0 bridgehead atoms. The molecule has 1 atom stereocenters. The number of benzene rings is 3. The number of anilines is 2. The van der Waals surface area contributed by atoms with Crippen molar-refractivity contribution in [3.63, 3.8) is 0 Å². The number of ether oxygens (including phenoxy) is 2. The van der Waals surface area contributed by atoms with Crippen molar-refractivity contribution < 1.29 is 19.1 Å². The fraction of sp³-hybridized carbons (Fsp3) is 0.200. The van der Waals surface area contributed by atoms with Crippen LogP contribution in [0.3, 0.4) is 0 Å². The van der Waals surface area contributed by atoms with Crippen LogP contribution < -0.4 is 20.1 Å². The van der Waals surface area contributed by atoms with Gasteiger partial charge in [-0.25, -0.2) is 0 Å². The van der Waals surface area contributed by atoms with E-state index in [9.17, 15) is 9.59 Å². The summed E-state index contributed by atoms with van der Waals surface area (Å²) in [6.45, 7) is 3.81. The van der Waals surface area contributed by atoms with Gasteiger partial charge in [-0.05, 0) is 55.8 Å². The third kappa shape index (κ3) is 5.62. The molecule has 3 rings (SSSR count). The van der Waals surface area contributed by atoms with E-state index in [0.717, 1.165) is 16.1 Å². The molecule has 3 aromatic carbocycles. The van der Waals surface area contributed by atoms with Gasteiger partial charge in [0.25, 0.3) is 5.91 Å². The van der Waals surface area contributed by atoms with Gasteiger partial charge >= 0.3 is 0 Å². The number of thioether (sulfide) groups is 1. The quantitative estimate of drug-likeness (QED) is 0.451. The van der Waals surface area contributed by atoms with Gasteiger partial charge in [0.1, 0.15) is 17.1 Å². The molecule has 0 radical (unpaired) electrons. The maximum atomic E-state index is 12.9. The van der Waals surface area contributed by atoms with Crippen LogP contribution in [0.1, 0.15) is 22.8 Å². The molecule has 0 saturated carbocycles. The van der Waals surface area contributed by atoms with E-state index >= 15 is 0 Å². The number of para-hydroxylation sites is 1. The zero-order chi connectivity index (χ0) is 23.1. The number of methoxy groups -OCH3 is 2. The van der Waals surface area contributed by atoms with E-state index in [2.05, 4.69) is 10.6 Å². The zero-order valence-electron chi connectivity index (χ0n) is 18.5. The Labute approximate surface area is 192 Å². The first-order valence-corrected chi connectivity index (χ1v) is 11.0. The van der Waals surface area contributed by atoms with E-state index < -0.39 is 0 Å². The monoisotopic (exact) mass is 450 g/mol. The van der Waals surface area contributed by atoms with Crippen molar-refractivity contribution in [1.82, 2.24) is 0 Å². The number of rotatable bonds is 8. The second-order valence-corrected chi connectivity index (χ2v) is 8.50. The minimum Gasteiger partial charge on any atom is -0.496 e. The van der Waals surface area contributed by atoms with Gasteiger partial charge in [0.15, 0.2) is 0 Å². The van der Waals surface area contributed by atoms with Crippen molar-refractivity contribution in [1.29, 1.82) is 0 Å². The summed E-state index contributed by atoms with van der Waals surface area (Å²) in [6, 6.07) is 20.2. The maximum Gasteiger partial charge on any atom is 0.263 e. The number of carbonyl (C=O) groups is 2. The Hall–Kier alpha value is -3.45. The molecule has 7 heteroatoms. The molecule has 0 aliphatic heterocycles. The summed E-state index contributed by atoms with van der Waals surface area (Å²) in [5, 5.41) is 5.53. The van der Waals surface area contributed by atoms with Gasteiger partial charge in [-0.2, -0.15) is 0 Å². The van der Waals surface area contributed by atoms with E-state index in [-0.39, 0.29) is 17.1 Å². The summed E-state index contributed by atoms with van der Waals surface area (Å²) in [4.78, 5) is 26.4. The maximum absolute atomic E-state index is 12.9. The van der Waals surface area contributed by atoms with Crippen LogP contribution in [0, 0.1) is 6.92 Å². The van der Waals surface area contributed by atoms with Gasteiger partial charge in [-0.3, -0.25) is 9.59 Å². The number of aryl methyl sites for hydroxylation is 1. The molecule has 0 saturated heterocycles. The Balaban J connectivity index is 1.70. The molecule has 1 unspecified atom stereocenters. The lowest BCUT2D eigenvalue weighted by Gasteiger charge is -2.15. The molecule has 0 fully saturated rings. The van der Waals surface area contributed by atoms with Crippen LogP contribution in [0.5, 0.6) is 11.5 Å². The zero-order valence-corrected chi connectivity index (χ0v) is 19.3. The summed E-state index contributed by atoms with van der Waals surface area (Å²) in [6.07, 6.45) is 0. The van der Waals surface area contributed by atoms with Crippen molar-refractivity contribution in [2.75, 3.05) is 24.9 Å². The molecule has 6 nitrogen and oxygen atoms in total. The summed E-state index contributed by atoms with van der Waals surface area (Å²) in [5.74, 6) is 0.423. The predicted octanol–water partition coefficient (Wildman–Crippen LogP) is 5.38. The molecule has 0 heterocycles. The summed E-state index contributed by atoms with van der Waals surface area (Å²) < 4.78 is 10.6. The van der Waals surface area contributed by atoms with Gasteiger partial charge in [0, 0.05) is 16.3 Å². The number of hydrogen-bond donors (Lipinski definition) is 2. The van der Waals surface area contributed by atoms with Crippen molar-refractivity contribution in [3.8, 4) is 11.5 Å². The highest BCUT2D eigenvalue weighted by Gasteiger charge is 2.19. The van der Waals surface area contributed by atoms with Crippen molar-refractivity contribution in [2.24, 2.45) is 0 Å². The smallest absolute Gasteiger partial charge is 0.263 e. The summed E-state index contributed by atoms with van der Waals surface area (Å²) >= 11 is 1.42. The third-order valence-corrected chi connectivity index (χ3v) is 5.93. The number of carbonyl (C=O) groups excluding carboxylic acids is 2. The Bertz CT molecular complexity index is 1090. The number of nitrogens with one attached hydrogen (secondary N) is 2. The lowest BCUT2D eigenvalue weighted by Crippen LogP contribution is -2.22. The van der Waals surface area contributed by atoms with Gasteiger partial charge in [-0.15, -0.1) is 11.8 Å². The Morgan fingerprint density at radius 2 is 1.53 bits per heavy atom. The largest absolute Gasteiger partial charge is 0.496 e.